The third-order valence-electron chi connectivity index (χ3n) is 2.63. The third-order valence-corrected chi connectivity index (χ3v) is 2.63. The predicted octanol–water partition coefficient (Wildman–Crippen LogP) is 2.29. The van der Waals surface area contributed by atoms with Crippen molar-refractivity contribution in [3.05, 3.63) is 39.7 Å². The molecule has 1 aromatic rings. The van der Waals surface area contributed by atoms with Crippen molar-refractivity contribution >= 4 is 5.69 Å². The molecule has 0 aliphatic heterocycles. The summed E-state index contributed by atoms with van der Waals surface area (Å²) >= 11 is 0. The Hall–Kier alpha value is -1.96. The molecule has 0 unspecified atom stereocenters. The minimum Gasteiger partial charge on any atom is -0.258 e. The maximum atomic E-state index is 13.0. The van der Waals surface area contributed by atoms with E-state index in [9.17, 15) is 14.5 Å². The van der Waals surface area contributed by atoms with Crippen LogP contribution in [0.2, 0.25) is 0 Å². The lowest BCUT2D eigenvalue weighted by Crippen LogP contribution is -2.07. The van der Waals surface area contributed by atoms with Crippen molar-refractivity contribution in [3.63, 3.8) is 0 Å². The van der Waals surface area contributed by atoms with Crippen molar-refractivity contribution in [3.8, 4) is 6.07 Å². The second-order valence-corrected chi connectivity index (χ2v) is 3.61. The Balaban J connectivity index is 2.59. The Kier molecular flexibility index (Phi) is 1.93. The number of hydrogen-bond donors (Lipinski definition) is 0. The second kappa shape index (κ2) is 3.02. The molecule has 0 saturated heterocycles. The number of hydrogen-bond acceptors (Lipinski definition) is 3. The topological polar surface area (TPSA) is 66.9 Å². The standard InChI is InChI=1S/C10H7FN2O2/c11-7-1-2-9(13(14)15)8(5-7)10(6-12)3-4-10/h1-2,5H,3-4H2. The van der Waals surface area contributed by atoms with Gasteiger partial charge in [0.25, 0.3) is 5.69 Å². The van der Waals surface area contributed by atoms with Crippen LogP contribution in [-0.2, 0) is 5.41 Å². The lowest BCUT2D eigenvalue weighted by molar-refractivity contribution is -0.385. The van der Waals surface area contributed by atoms with Crippen LogP contribution < -0.4 is 0 Å². The number of nitrogens with zero attached hydrogens (tertiary/aromatic N) is 2. The quantitative estimate of drug-likeness (QED) is 0.550. The van der Waals surface area contributed by atoms with Crippen LogP contribution in [-0.4, -0.2) is 4.92 Å². The van der Waals surface area contributed by atoms with Crippen molar-refractivity contribution in [2.45, 2.75) is 18.3 Å². The molecule has 1 fully saturated rings. The zero-order valence-electron chi connectivity index (χ0n) is 7.74. The summed E-state index contributed by atoms with van der Waals surface area (Å²) in [6, 6.07) is 5.26. The Morgan fingerprint density at radius 2 is 2.20 bits per heavy atom. The van der Waals surface area contributed by atoms with E-state index in [0.29, 0.717) is 12.8 Å². The number of rotatable bonds is 2. The molecule has 76 valence electrons. The highest BCUT2D eigenvalue weighted by molar-refractivity contribution is 5.52. The van der Waals surface area contributed by atoms with Crippen molar-refractivity contribution in [2.24, 2.45) is 0 Å². The van der Waals surface area contributed by atoms with Gasteiger partial charge < -0.3 is 0 Å². The SMILES string of the molecule is N#CC1(c2cc(F)ccc2[N+](=O)[O-])CC1. The lowest BCUT2D eigenvalue weighted by atomic mass is 9.96. The fourth-order valence-corrected chi connectivity index (χ4v) is 1.62. The first-order valence-corrected chi connectivity index (χ1v) is 4.45. The van der Waals surface area contributed by atoms with Crippen molar-refractivity contribution < 1.29 is 9.31 Å². The molecule has 2 rings (SSSR count). The zero-order chi connectivity index (χ0) is 11.1. The minimum atomic E-state index is -0.829. The largest absolute Gasteiger partial charge is 0.274 e. The first-order chi connectivity index (χ1) is 7.09. The monoisotopic (exact) mass is 206 g/mol. The van der Waals surface area contributed by atoms with E-state index in [4.69, 9.17) is 5.26 Å². The Bertz CT molecular complexity index is 475. The highest BCUT2D eigenvalue weighted by Crippen LogP contribution is 2.50. The van der Waals surface area contributed by atoms with Crippen LogP contribution in [0.3, 0.4) is 0 Å². The van der Waals surface area contributed by atoms with Crippen molar-refractivity contribution in [1.29, 1.82) is 5.26 Å². The number of benzene rings is 1. The van der Waals surface area contributed by atoms with Gasteiger partial charge in [-0.15, -0.1) is 0 Å². The number of nitro groups is 1. The van der Waals surface area contributed by atoms with Crippen LogP contribution in [0.25, 0.3) is 0 Å². The fourth-order valence-electron chi connectivity index (χ4n) is 1.62. The van der Waals surface area contributed by atoms with Gasteiger partial charge in [0.15, 0.2) is 0 Å². The average molecular weight is 206 g/mol. The maximum absolute atomic E-state index is 13.0. The molecular weight excluding hydrogens is 199 g/mol. The minimum absolute atomic E-state index is 0.171. The fraction of sp³-hybridized carbons (Fsp3) is 0.300. The molecule has 0 bridgehead atoms. The predicted molar refractivity (Wildman–Crippen MR) is 49.6 cm³/mol. The van der Waals surface area contributed by atoms with Crippen LogP contribution in [0.4, 0.5) is 10.1 Å². The van der Waals surface area contributed by atoms with E-state index in [1.165, 1.54) is 0 Å². The smallest absolute Gasteiger partial charge is 0.258 e. The van der Waals surface area contributed by atoms with Gasteiger partial charge in [0, 0.05) is 6.07 Å². The van der Waals surface area contributed by atoms with Gasteiger partial charge in [-0.1, -0.05) is 0 Å². The normalized spacial score (nSPS) is 16.8. The van der Waals surface area contributed by atoms with Gasteiger partial charge in [-0.25, -0.2) is 4.39 Å². The summed E-state index contributed by atoms with van der Waals surface area (Å²) in [5.41, 5.74) is -0.796. The molecule has 1 saturated carbocycles. The van der Waals surface area contributed by atoms with Crippen LogP contribution in [0, 0.1) is 27.3 Å². The highest BCUT2D eigenvalue weighted by atomic mass is 19.1. The van der Waals surface area contributed by atoms with Crippen LogP contribution in [0.1, 0.15) is 18.4 Å². The van der Waals surface area contributed by atoms with Gasteiger partial charge in [-0.2, -0.15) is 5.26 Å². The number of halogens is 1. The van der Waals surface area contributed by atoms with Gasteiger partial charge in [-0.05, 0) is 25.0 Å². The van der Waals surface area contributed by atoms with Crippen molar-refractivity contribution in [2.75, 3.05) is 0 Å². The number of nitro benzene ring substituents is 1. The number of nitriles is 1. The molecule has 0 spiro atoms. The Morgan fingerprint density at radius 3 is 2.67 bits per heavy atom. The third kappa shape index (κ3) is 1.44. The Labute approximate surface area is 85.1 Å². The van der Waals surface area contributed by atoms with E-state index in [-0.39, 0.29) is 11.3 Å². The first-order valence-electron chi connectivity index (χ1n) is 4.45. The van der Waals surface area contributed by atoms with Gasteiger partial charge in [0.2, 0.25) is 0 Å². The molecule has 15 heavy (non-hydrogen) atoms. The van der Waals surface area contributed by atoms with E-state index < -0.39 is 16.2 Å². The molecule has 1 aliphatic carbocycles. The van der Waals surface area contributed by atoms with E-state index in [1.807, 2.05) is 6.07 Å². The van der Waals surface area contributed by atoms with E-state index >= 15 is 0 Å². The summed E-state index contributed by atoms with van der Waals surface area (Å²) in [5.74, 6) is -0.544. The molecule has 0 heterocycles. The summed E-state index contributed by atoms with van der Waals surface area (Å²) in [5, 5.41) is 19.6. The molecule has 5 heteroatoms. The van der Waals surface area contributed by atoms with Gasteiger partial charge in [-0.3, -0.25) is 10.1 Å². The Morgan fingerprint density at radius 1 is 1.53 bits per heavy atom. The summed E-state index contributed by atoms with van der Waals surface area (Å²) in [6.07, 6.45) is 1.13. The van der Waals surface area contributed by atoms with Gasteiger partial charge >= 0.3 is 0 Å². The van der Waals surface area contributed by atoms with Crippen LogP contribution in [0.5, 0.6) is 0 Å². The molecular formula is C10H7FN2O2. The highest BCUT2D eigenvalue weighted by Gasteiger charge is 2.49. The van der Waals surface area contributed by atoms with Crippen molar-refractivity contribution in [1.82, 2.24) is 0 Å². The molecule has 4 nitrogen and oxygen atoms in total. The van der Waals surface area contributed by atoms with Crippen LogP contribution >= 0.6 is 0 Å². The van der Waals surface area contributed by atoms with E-state index in [1.54, 1.807) is 0 Å². The second-order valence-electron chi connectivity index (χ2n) is 3.61. The van der Waals surface area contributed by atoms with Gasteiger partial charge in [0.05, 0.1) is 22.0 Å². The molecule has 0 atom stereocenters. The summed E-state index contributed by atoms with van der Waals surface area (Å²) in [6.45, 7) is 0. The molecule has 0 N–H and O–H groups in total. The molecule has 0 radical (unpaired) electrons. The lowest BCUT2D eigenvalue weighted by Gasteiger charge is -2.06. The summed E-state index contributed by atoms with van der Waals surface area (Å²) < 4.78 is 13.0. The molecule has 1 aromatic carbocycles. The molecule has 0 aromatic heterocycles. The van der Waals surface area contributed by atoms with Crippen LogP contribution in [0.15, 0.2) is 18.2 Å². The maximum Gasteiger partial charge on any atom is 0.274 e. The molecule has 0 amide bonds. The first kappa shape index (κ1) is 9.59. The molecule has 1 aliphatic rings. The average Bonchev–Trinajstić information content (AvgIpc) is 2.97. The summed E-state index contributed by atoms with van der Waals surface area (Å²) in [4.78, 5) is 10.1. The van der Waals surface area contributed by atoms with E-state index in [0.717, 1.165) is 18.2 Å². The summed E-state index contributed by atoms with van der Waals surface area (Å²) in [7, 11) is 0. The van der Waals surface area contributed by atoms with Gasteiger partial charge in [0.1, 0.15) is 5.82 Å². The van der Waals surface area contributed by atoms with E-state index in [2.05, 4.69) is 0 Å². The zero-order valence-corrected chi connectivity index (χ0v) is 7.74.